The fourth-order valence-electron chi connectivity index (χ4n) is 1.45. The van der Waals surface area contributed by atoms with E-state index in [1.807, 2.05) is 0 Å². The molecule has 15 heavy (non-hydrogen) atoms. The molecule has 2 rings (SSSR count). The lowest BCUT2D eigenvalue weighted by atomic mass is 10.0. The van der Waals surface area contributed by atoms with Crippen molar-refractivity contribution in [2.75, 3.05) is 0 Å². The molecule has 0 amide bonds. The third-order valence-electron chi connectivity index (χ3n) is 2.42. The van der Waals surface area contributed by atoms with Gasteiger partial charge in [0.2, 0.25) is 0 Å². The molecule has 3 nitrogen and oxygen atoms in total. The van der Waals surface area contributed by atoms with Crippen LogP contribution in [0.25, 0.3) is 0 Å². The summed E-state index contributed by atoms with van der Waals surface area (Å²) in [5.74, 6) is 0.616. The maximum atomic E-state index is 5.56. The number of halogens is 1. The topological polar surface area (TPSA) is 50.7 Å². The van der Waals surface area contributed by atoms with Gasteiger partial charge in [0.1, 0.15) is 5.84 Å². The molecule has 0 saturated heterocycles. The van der Waals surface area contributed by atoms with Gasteiger partial charge in [-0.2, -0.15) is 5.10 Å². The second kappa shape index (κ2) is 4.14. The first-order chi connectivity index (χ1) is 7.16. The molecule has 0 fully saturated rings. The van der Waals surface area contributed by atoms with Crippen molar-refractivity contribution in [1.82, 2.24) is 0 Å². The van der Waals surface area contributed by atoms with Crippen molar-refractivity contribution in [3.8, 4) is 0 Å². The number of nitrogens with zero attached hydrogens (tertiary/aromatic N) is 2. The van der Waals surface area contributed by atoms with Crippen LogP contribution in [0.15, 0.2) is 32.9 Å². The molecule has 1 aliphatic heterocycles. The van der Waals surface area contributed by atoms with E-state index in [1.165, 1.54) is 5.56 Å². The quantitative estimate of drug-likeness (QED) is 0.834. The van der Waals surface area contributed by atoms with Gasteiger partial charge in [0.05, 0.1) is 5.71 Å². The number of hydrogen-bond acceptors (Lipinski definition) is 3. The van der Waals surface area contributed by atoms with Crippen molar-refractivity contribution in [1.29, 1.82) is 0 Å². The standard InChI is InChI=1S/C11H12BrN3/c1-7-2-3-8(6-9(7)12)10-4-5-11(13)15-14-10/h2-3,6H,4-5H2,1H3,(H2,13,15). The van der Waals surface area contributed by atoms with Crippen LogP contribution in [0.1, 0.15) is 24.0 Å². The summed E-state index contributed by atoms with van der Waals surface area (Å²) in [4.78, 5) is 0. The van der Waals surface area contributed by atoms with Crippen molar-refractivity contribution >= 4 is 27.5 Å². The number of benzene rings is 1. The highest BCUT2D eigenvalue weighted by Crippen LogP contribution is 2.20. The highest BCUT2D eigenvalue weighted by molar-refractivity contribution is 9.10. The Morgan fingerprint density at radius 3 is 2.67 bits per heavy atom. The van der Waals surface area contributed by atoms with Gasteiger partial charge in [-0.3, -0.25) is 0 Å². The highest BCUT2D eigenvalue weighted by Gasteiger charge is 2.10. The van der Waals surface area contributed by atoms with Crippen molar-refractivity contribution in [2.45, 2.75) is 19.8 Å². The zero-order valence-electron chi connectivity index (χ0n) is 8.50. The smallest absolute Gasteiger partial charge is 0.122 e. The van der Waals surface area contributed by atoms with Gasteiger partial charge in [-0.15, -0.1) is 5.10 Å². The Balaban J connectivity index is 2.35. The molecule has 0 bridgehead atoms. The van der Waals surface area contributed by atoms with Gasteiger partial charge in [-0.1, -0.05) is 28.1 Å². The Hall–Kier alpha value is -1.16. The van der Waals surface area contributed by atoms with Crippen LogP contribution in [0.4, 0.5) is 0 Å². The summed E-state index contributed by atoms with van der Waals surface area (Å²) in [6.07, 6.45) is 1.66. The number of nitrogens with two attached hydrogens (primary N) is 1. The predicted octanol–water partition coefficient (Wildman–Crippen LogP) is 2.61. The van der Waals surface area contributed by atoms with Gasteiger partial charge in [-0.05, 0) is 30.5 Å². The van der Waals surface area contributed by atoms with Crippen LogP contribution >= 0.6 is 15.9 Å². The summed E-state index contributed by atoms with van der Waals surface area (Å²) in [5, 5.41) is 8.02. The van der Waals surface area contributed by atoms with Crippen LogP contribution in [0.5, 0.6) is 0 Å². The molecule has 4 heteroatoms. The van der Waals surface area contributed by atoms with E-state index in [4.69, 9.17) is 5.73 Å². The molecule has 0 radical (unpaired) electrons. The molecular weight excluding hydrogens is 254 g/mol. The first kappa shape index (κ1) is 10.4. The van der Waals surface area contributed by atoms with Crippen molar-refractivity contribution in [3.05, 3.63) is 33.8 Å². The van der Waals surface area contributed by atoms with Gasteiger partial charge in [0, 0.05) is 10.9 Å². The summed E-state index contributed by atoms with van der Waals surface area (Å²) >= 11 is 3.51. The number of amidine groups is 1. The largest absolute Gasteiger partial charge is 0.386 e. The summed E-state index contributed by atoms with van der Waals surface area (Å²) in [7, 11) is 0. The Bertz CT molecular complexity index is 449. The minimum Gasteiger partial charge on any atom is -0.386 e. The monoisotopic (exact) mass is 265 g/mol. The molecule has 1 aliphatic rings. The van der Waals surface area contributed by atoms with Gasteiger partial charge in [0.25, 0.3) is 0 Å². The first-order valence-electron chi connectivity index (χ1n) is 4.82. The summed E-state index contributed by atoms with van der Waals surface area (Å²) in [6, 6.07) is 6.21. The van der Waals surface area contributed by atoms with Crippen LogP contribution in [0.3, 0.4) is 0 Å². The number of hydrogen-bond donors (Lipinski definition) is 1. The van der Waals surface area contributed by atoms with Crippen molar-refractivity contribution in [2.24, 2.45) is 15.9 Å². The second-order valence-corrected chi connectivity index (χ2v) is 4.46. The van der Waals surface area contributed by atoms with Gasteiger partial charge >= 0.3 is 0 Å². The van der Waals surface area contributed by atoms with E-state index in [2.05, 4.69) is 51.3 Å². The predicted molar refractivity (Wildman–Crippen MR) is 66.3 cm³/mol. The Labute approximate surface area is 97.2 Å². The lowest BCUT2D eigenvalue weighted by molar-refractivity contribution is 1.02. The molecule has 2 N–H and O–H groups in total. The maximum Gasteiger partial charge on any atom is 0.122 e. The van der Waals surface area contributed by atoms with E-state index < -0.39 is 0 Å². The molecule has 0 spiro atoms. The molecule has 1 heterocycles. The van der Waals surface area contributed by atoms with Crippen LogP contribution in [0.2, 0.25) is 0 Å². The van der Waals surface area contributed by atoms with Gasteiger partial charge in [-0.25, -0.2) is 0 Å². The fourth-order valence-corrected chi connectivity index (χ4v) is 1.82. The summed E-state index contributed by atoms with van der Waals surface area (Å²) in [6.45, 7) is 2.06. The average Bonchev–Trinajstić information content (AvgIpc) is 2.23. The lowest BCUT2D eigenvalue weighted by Gasteiger charge is -2.10. The molecule has 78 valence electrons. The molecule has 0 aliphatic carbocycles. The van der Waals surface area contributed by atoms with Gasteiger partial charge < -0.3 is 5.73 Å². The number of rotatable bonds is 1. The minimum atomic E-state index is 0.616. The van der Waals surface area contributed by atoms with Crippen LogP contribution in [0, 0.1) is 6.92 Å². The minimum absolute atomic E-state index is 0.616. The molecule has 0 atom stereocenters. The van der Waals surface area contributed by atoms with Crippen molar-refractivity contribution in [3.63, 3.8) is 0 Å². The number of aryl methyl sites for hydroxylation is 1. The second-order valence-electron chi connectivity index (χ2n) is 3.60. The van der Waals surface area contributed by atoms with E-state index >= 15 is 0 Å². The average molecular weight is 266 g/mol. The Kier molecular flexibility index (Phi) is 2.86. The van der Waals surface area contributed by atoms with Crippen LogP contribution < -0.4 is 5.73 Å². The lowest BCUT2D eigenvalue weighted by Crippen LogP contribution is -2.17. The van der Waals surface area contributed by atoms with Crippen LogP contribution in [-0.2, 0) is 0 Å². The van der Waals surface area contributed by atoms with E-state index in [-0.39, 0.29) is 0 Å². The van der Waals surface area contributed by atoms with Crippen molar-refractivity contribution < 1.29 is 0 Å². The normalized spacial score (nSPS) is 15.9. The third kappa shape index (κ3) is 2.26. The zero-order chi connectivity index (χ0) is 10.8. The fraction of sp³-hybridized carbons (Fsp3) is 0.273. The van der Waals surface area contributed by atoms with E-state index in [9.17, 15) is 0 Å². The molecule has 1 aromatic carbocycles. The van der Waals surface area contributed by atoms with Gasteiger partial charge in [0.15, 0.2) is 0 Å². The third-order valence-corrected chi connectivity index (χ3v) is 3.28. The molecular formula is C11H12BrN3. The SMILES string of the molecule is Cc1ccc(C2=NN=C(N)CC2)cc1Br. The summed E-state index contributed by atoms with van der Waals surface area (Å²) in [5.41, 5.74) is 8.90. The summed E-state index contributed by atoms with van der Waals surface area (Å²) < 4.78 is 1.10. The maximum absolute atomic E-state index is 5.56. The van der Waals surface area contributed by atoms with Crippen LogP contribution in [-0.4, -0.2) is 11.5 Å². The van der Waals surface area contributed by atoms with E-state index in [0.29, 0.717) is 5.84 Å². The molecule has 0 unspecified atom stereocenters. The van der Waals surface area contributed by atoms with E-state index in [1.54, 1.807) is 0 Å². The first-order valence-corrected chi connectivity index (χ1v) is 5.61. The molecule has 0 saturated carbocycles. The molecule has 1 aromatic rings. The Morgan fingerprint density at radius 1 is 1.27 bits per heavy atom. The van der Waals surface area contributed by atoms with E-state index in [0.717, 1.165) is 28.6 Å². The molecule has 0 aromatic heterocycles. The highest BCUT2D eigenvalue weighted by atomic mass is 79.9. The Morgan fingerprint density at radius 2 is 2.07 bits per heavy atom. The zero-order valence-corrected chi connectivity index (χ0v) is 10.1.